The summed E-state index contributed by atoms with van der Waals surface area (Å²) < 4.78 is 18.5. The van der Waals surface area contributed by atoms with Crippen LogP contribution in [0.2, 0.25) is 0 Å². The highest BCUT2D eigenvalue weighted by atomic mass is 16.8. The summed E-state index contributed by atoms with van der Waals surface area (Å²) in [5.74, 6) is 1.42. The lowest BCUT2D eigenvalue weighted by molar-refractivity contribution is 0.252. The first-order chi connectivity index (χ1) is 17.2. The molecular weight excluding hydrogens is 433 g/mol. The lowest BCUT2D eigenvalue weighted by atomic mass is 9.67. The number of nitrogens with zero attached hydrogens (tertiary/aromatic N) is 1. The monoisotopic (exact) mass is 460 g/mol. The Balaban J connectivity index is 1.34. The van der Waals surface area contributed by atoms with Crippen molar-refractivity contribution in [3.8, 4) is 11.5 Å². The van der Waals surface area contributed by atoms with Crippen molar-refractivity contribution in [1.82, 2.24) is 4.90 Å². The van der Waals surface area contributed by atoms with Gasteiger partial charge in [0.25, 0.3) is 0 Å². The van der Waals surface area contributed by atoms with Crippen LogP contribution in [-0.2, 0) is 17.7 Å². The summed E-state index contributed by atoms with van der Waals surface area (Å²) in [5, 5.41) is 5.12. The summed E-state index contributed by atoms with van der Waals surface area (Å²) in [7, 11) is 3.81. The van der Waals surface area contributed by atoms with Gasteiger partial charge in [-0.3, -0.25) is 4.90 Å². The Hall–Kier alpha value is -3.80. The average molecular weight is 460 g/mol. The maximum atomic E-state index is 6.29. The van der Waals surface area contributed by atoms with E-state index in [-0.39, 0.29) is 0 Å². The van der Waals surface area contributed by atoms with Crippen LogP contribution in [0.5, 0.6) is 11.5 Å². The Morgan fingerprint density at radius 2 is 1.23 bits per heavy atom. The molecule has 5 heteroatoms. The molecule has 0 saturated carbocycles. The maximum Gasteiger partial charge on any atom is 0.523 e. The molecule has 0 radical (unpaired) electrons. The molecule has 6 rings (SSSR count). The van der Waals surface area contributed by atoms with Crippen LogP contribution in [0.1, 0.15) is 11.1 Å². The molecule has 5 aromatic carbocycles. The predicted octanol–water partition coefficient (Wildman–Crippen LogP) is 5.89. The van der Waals surface area contributed by atoms with Gasteiger partial charge in [0.15, 0.2) is 0 Å². The number of hydrogen-bond donors (Lipinski definition) is 0. The Kier molecular flexibility index (Phi) is 5.44. The van der Waals surface area contributed by atoms with Gasteiger partial charge in [0.1, 0.15) is 11.5 Å². The molecule has 174 valence electrons. The zero-order valence-corrected chi connectivity index (χ0v) is 20.0. The summed E-state index contributed by atoms with van der Waals surface area (Å²) in [4.78, 5) is 2.34. The second kappa shape index (κ2) is 8.77. The van der Waals surface area contributed by atoms with Gasteiger partial charge >= 0.3 is 6.75 Å². The second-order valence-corrected chi connectivity index (χ2v) is 9.23. The minimum atomic E-state index is -2.11. The molecule has 4 nitrogen and oxygen atoms in total. The molecule has 0 spiro atoms. The van der Waals surface area contributed by atoms with Crippen LogP contribution < -0.4 is 14.8 Å². The van der Waals surface area contributed by atoms with E-state index in [0.29, 0.717) is 11.5 Å². The first-order valence-electron chi connectivity index (χ1n) is 12.0. The van der Waals surface area contributed by atoms with Gasteiger partial charge in [0.05, 0.1) is 0 Å². The predicted molar refractivity (Wildman–Crippen MR) is 143 cm³/mol. The van der Waals surface area contributed by atoms with E-state index in [4.69, 9.17) is 14.0 Å². The van der Waals surface area contributed by atoms with Crippen LogP contribution in [0.4, 0.5) is 0 Å². The van der Waals surface area contributed by atoms with E-state index in [0.717, 1.165) is 24.1 Å². The third-order valence-electron chi connectivity index (χ3n) is 6.91. The van der Waals surface area contributed by atoms with Crippen LogP contribution in [0.3, 0.4) is 0 Å². The lowest BCUT2D eigenvalue weighted by Gasteiger charge is -2.36. The minimum Gasteiger partial charge on any atom is -0.654 e. The summed E-state index contributed by atoms with van der Waals surface area (Å²) in [6.07, 6.45) is 0. The topological polar surface area (TPSA) is 30.9 Å². The number of rotatable bonds is 6. The smallest absolute Gasteiger partial charge is 0.523 e. The zero-order valence-electron chi connectivity index (χ0n) is 20.0. The molecule has 0 bridgehead atoms. The van der Waals surface area contributed by atoms with E-state index in [1.807, 2.05) is 36.4 Å². The molecular formula is C30H27BNO3-. The van der Waals surface area contributed by atoms with Crippen molar-refractivity contribution in [2.24, 2.45) is 0 Å². The van der Waals surface area contributed by atoms with E-state index < -0.39 is 6.75 Å². The van der Waals surface area contributed by atoms with Gasteiger partial charge in [-0.25, -0.2) is 0 Å². The molecule has 1 aliphatic rings. The highest BCUT2D eigenvalue weighted by Gasteiger charge is 2.41. The van der Waals surface area contributed by atoms with Crippen molar-refractivity contribution in [1.29, 1.82) is 0 Å². The molecule has 0 amide bonds. The Labute approximate surface area is 205 Å². The summed E-state index contributed by atoms with van der Waals surface area (Å²) in [6, 6.07) is 35.5. The van der Waals surface area contributed by atoms with Crippen LogP contribution in [0.15, 0.2) is 103 Å². The van der Waals surface area contributed by atoms with Crippen molar-refractivity contribution >= 4 is 33.8 Å². The standard InChI is InChI=1S/C30H27BNO3/c1-32(21-27-25-14-6-3-11-22(25)19-23-12-4-7-15-26(23)27)20-24-13-5-8-16-28(24)31(33-2)34-29-17-9-10-18-30(29)35-31/h3-19H,20-21H2,1-2H3/q-1. The molecule has 0 N–H and O–H groups in total. The quantitative estimate of drug-likeness (QED) is 0.234. The molecule has 0 unspecified atom stereocenters. The van der Waals surface area contributed by atoms with Gasteiger partial charge in [-0.15, -0.1) is 0 Å². The van der Waals surface area contributed by atoms with E-state index in [1.54, 1.807) is 7.11 Å². The highest BCUT2D eigenvalue weighted by molar-refractivity contribution is 6.77. The third-order valence-corrected chi connectivity index (χ3v) is 6.91. The maximum absolute atomic E-state index is 6.29. The number of hydrogen-bond acceptors (Lipinski definition) is 4. The zero-order chi connectivity index (χ0) is 23.8. The molecule has 1 heterocycles. The van der Waals surface area contributed by atoms with Crippen molar-refractivity contribution < 1.29 is 14.0 Å². The molecule has 35 heavy (non-hydrogen) atoms. The fourth-order valence-electron chi connectivity index (χ4n) is 5.27. The number of fused-ring (bicyclic) bond motifs is 3. The fourth-order valence-corrected chi connectivity index (χ4v) is 5.27. The lowest BCUT2D eigenvalue weighted by Crippen LogP contribution is -2.60. The van der Waals surface area contributed by atoms with Crippen molar-refractivity contribution in [2.45, 2.75) is 13.1 Å². The van der Waals surface area contributed by atoms with Crippen LogP contribution in [0.25, 0.3) is 21.5 Å². The van der Waals surface area contributed by atoms with Crippen molar-refractivity contribution in [3.63, 3.8) is 0 Å². The molecule has 0 saturated heterocycles. The van der Waals surface area contributed by atoms with Crippen molar-refractivity contribution in [2.75, 3.05) is 14.2 Å². The first kappa shape index (κ1) is 21.7. The Morgan fingerprint density at radius 3 is 1.86 bits per heavy atom. The van der Waals surface area contributed by atoms with E-state index in [9.17, 15) is 0 Å². The first-order valence-corrected chi connectivity index (χ1v) is 12.0. The van der Waals surface area contributed by atoms with Gasteiger partial charge in [-0.05, 0) is 59.5 Å². The number of para-hydroxylation sites is 2. The van der Waals surface area contributed by atoms with Crippen LogP contribution in [0, 0.1) is 0 Å². The van der Waals surface area contributed by atoms with Crippen LogP contribution in [-0.4, -0.2) is 25.8 Å². The number of benzene rings is 5. The largest absolute Gasteiger partial charge is 0.654 e. The van der Waals surface area contributed by atoms with Gasteiger partial charge in [-0.1, -0.05) is 96.0 Å². The molecule has 1 aliphatic heterocycles. The molecule has 0 aromatic heterocycles. The van der Waals surface area contributed by atoms with Gasteiger partial charge < -0.3 is 14.0 Å². The van der Waals surface area contributed by atoms with Gasteiger partial charge in [0, 0.05) is 13.1 Å². The summed E-state index contributed by atoms with van der Waals surface area (Å²) in [6.45, 7) is -0.575. The minimum absolute atomic E-state index is 0.708. The van der Waals surface area contributed by atoms with E-state index in [2.05, 4.69) is 78.7 Å². The second-order valence-electron chi connectivity index (χ2n) is 9.23. The van der Waals surface area contributed by atoms with E-state index >= 15 is 0 Å². The average Bonchev–Trinajstić information content (AvgIpc) is 3.29. The highest BCUT2D eigenvalue weighted by Crippen LogP contribution is 2.37. The molecule has 5 aromatic rings. The Morgan fingerprint density at radius 1 is 0.686 bits per heavy atom. The molecule has 0 fully saturated rings. The van der Waals surface area contributed by atoms with Gasteiger partial charge in [-0.2, -0.15) is 0 Å². The summed E-state index contributed by atoms with van der Waals surface area (Å²) in [5.41, 5.74) is 3.39. The molecule has 0 aliphatic carbocycles. The molecule has 0 atom stereocenters. The fraction of sp³-hybridized carbons (Fsp3) is 0.133. The SMILES string of the molecule is CO[B-]1(c2ccccc2CN(C)Cc2c3ccccc3cc3ccccc23)Oc2ccccc2O1. The van der Waals surface area contributed by atoms with Crippen molar-refractivity contribution in [3.05, 3.63) is 114 Å². The normalized spacial score (nSPS) is 14.1. The third kappa shape index (κ3) is 3.83. The van der Waals surface area contributed by atoms with E-state index in [1.165, 1.54) is 27.1 Å². The Bertz CT molecular complexity index is 1450. The van der Waals surface area contributed by atoms with Gasteiger partial charge in [0.2, 0.25) is 0 Å². The summed E-state index contributed by atoms with van der Waals surface area (Å²) >= 11 is 0. The van der Waals surface area contributed by atoms with Crippen LogP contribution >= 0.6 is 0 Å².